The molecule has 1 aromatic rings. The van der Waals surface area contributed by atoms with Crippen LogP contribution in [0.2, 0.25) is 0 Å². The van der Waals surface area contributed by atoms with E-state index >= 15 is 0 Å². The molecule has 2 N–H and O–H groups in total. The maximum Gasteiger partial charge on any atom is 0.250 e. The fraction of sp³-hybridized carbons (Fsp3) is 0.500. The number of nitrogens with one attached hydrogen (secondary N) is 2. The molecular formula is C14H19FN2O2. The molecule has 2 rings (SSSR count). The van der Waals surface area contributed by atoms with Crippen LogP contribution in [-0.4, -0.2) is 31.2 Å². The van der Waals surface area contributed by atoms with E-state index in [1.807, 2.05) is 6.92 Å². The number of rotatable bonds is 4. The third-order valence-corrected chi connectivity index (χ3v) is 3.27. The van der Waals surface area contributed by atoms with Crippen molar-refractivity contribution in [3.8, 4) is 0 Å². The Hall–Kier alpha value is -1.46. The van der Waals surface area contributed by atoms with Gasteiger partial charge in [-0.25, -0.2) is 4.39 Å². The quantitative estimate of drug-likeness (QED) is 0.875. The summed E-state index contributed by atoms with van der Waals surface area (Å²) in [5.41, 5.74) is 0.186. The number of piperidine rings is 1. The predicted molar refractivity (Wildman–Crippen MR) is 71.5 cm³/mol. The highest BCUT2D eigenvalue weighted by Crippen LogP contribution is 2.14. The van der Waals surface area contributed by atoms with Crippen LogP contribution in [0.5, 0.6) is 0 Å². The average molecular weight is 266 g/mol. The van der Waals surface area contributed by atoms with Gasteiger partial charge >= 0.3 is 0 Å². The topological polar surface area (TPSA) is 50.4 Å². The van der Waals surface area contributed by atoms with Gasteiger partial charge in [-0.05, 0) is 38.4 Å². The van der Waals surface area contributed by atoms with Crippen molar-refractivity contribution < 1.29 is 13.9 Å². The minimum absolute atomic E-state index is 0.0418. The van der Waals surface area contributed by atoms with Crippen LogP contribution in [0.15, 0.2) is 24.3 Å². The van der Waals surface area contributed by atoms with E-state index in [-0.39, 0.29) is 30.3 Å². The van der Waals surface area contributed by atoms with Crippen LogP contribution in [0.1, 0.15) is 19.8 Å². The lowest BCUT2D eigenvalue weighted by molar-refractivity contribution is -0.123. The average Bonchev–Trinajstić information content (AvgIpc) is 2.40. The SMILES string of the molecule is CC1NCCCC1OCC(=O)Nc1ccccc1F. The maximum atomic E-state index is 13.3. The maximum absolute atomic E-state index is 13.3. The first-order chi connectivity index (χ1) is 9.16. The first-order valence-corrected chi connectivity index (χ1v) is 6.56. The molecule has 1 aliphatic rings. The second-order valence-electron chi connectivity index (χ2n) is 4.76. The Morgan fingerprint density at radius 3 is 3.05 bits per heavy atom. The van der Waals surface area contributed by atoms with Crippen LogP contribution >= 0.6 is 0 Å². The van der Waals surface area contributed by atoms with Gasteiger partial charge in [-0.15, -0.1) is 0 Å². The van der Waals surface area contributed by atoms with Crippen molar-refractivity contribution in [1.29, 1.82) is 0 Å². The summed E-state index contributed by atoms with van der Waals surface area (Å²) >= 11 is 0. The summed E-state index contributed by atoms with van der Waals surface area (Å²) in [4.78, 5) is 11.7. The molecule has 0 aliphatic carbocycles. The molecule has 1 aromatic carbocycles. The van der Waals surface area contributed by atoms with Gasteiger partial charge in [0, 0.05) is 6.04 Å². The van der Waals surface area contributed by atoms with E-state index < -0.39 is 5.82 Å². The first-order valence-electron chi connectivity index (χ1n) is 6.56. The molecule has 1 saturated heterocycles. The third kappa shape index (κ3) is 4.01. The number of carbonyl (C=O) groups is 1. The first kappa shape index (κ1) is 14.0. The van der Waals surface area contributed by atoms with Crippen molar-refractivity contribution in [2.45, 2.75) is 31.9 Å². The summed E-state index contributed by atoms with van der Waals surface area (Å²) in [7, 11) is 0. The van der Waals surface area contributed by atoms with E-state index in [9.17, 15) is 9.18 Å². The highest BCUT2D eigenvalue weighted by molar-refractivity contribution is 5.91. The van der Waals surface area contributed by atoms with Crippen LogP contribution in [0.3, 0.4) is 0 Å². The molecule has 1 amide bonds. The summed E-state index contributed by atoms with van der Waals surface area (Å²) in [5.74, 6) is -0.772. The Morgan fingerprint density at radius 1 is 1.53 bits per heavy atom. The smallest absolute Gasteiger partial charge is 0.250 e. The van der Waals surface area contributed by atoms with Gasteiger partial charge in [0.1, 0.15) is 12.4 Å². The van der Waals surface area contributed by atoms with Crippen LogP contribution in [0.4, 0.5) is 10.1 Å². The van der Waals surface area contributed by atoms with Gasteiger partial charge in [0.15, 0.2) is 0 Å². The molecule has 0 bridgehead atoms. The molecule has 0 saturated carbocycles. The van der Waals surface area contributed by atoms with E-state index in [1.165, 1.54) is 12.1 Å². The second kappa shape index (κ2) is 6.63. The predicted octanol–water partition coefficient (Wildman–Crippen LogP) is 1.92. The monoisotopic (exact) mass is 266 g/mol. The Balaban J connectivity index is 1.80. The molecule has 104 valence electrons. The summed E-state index contributed by atoms with van der Waals surface area (Å²) in [6, 6.07) is 6.33. The minimum atomic E-state index is -0.441. The lowest BCUT2D eigenvalue weighted by Crippen LogP contribution is -2.44. The van der Waals surface area contributed by atoms with E-state index in [0.717, 1.165) is 19.4 Å². The zero-order valence-electron chi connectivity index (χ0n) is 11.0. The standard InChI is InChI=1S/C14H19FN2O2/c1-10-13(7-4-8-16-10)19-9-14(18)17-12-6-3-2-5-11(12)15/h2-3,5-6,10,13,16H,4,7-9H2,1H3,(H,17,18). The lowest BCUT2D eigenvalue weighted by atomic mass is 10.0. The third-order valence-electron chi connectivity index (χ3n) is 3.27. The number of benzene rings is 1. The van der Waals surface area contributed by atoms with E-state index in [4.69, 9.17) is 4.74 Å². The summed E-state index contributed by atoms with van der Waals surface area (Å²) in [6.45, 7) is 2.98. The fourth-order valence-corrected chi connectivity index (χ4v) is 2.17. The van der Waals surface area contributed by atoms with Gasteiger partial charge < -0.3 is 15.4 Å². The highest BCUT2D eigenvalue weighted by atomic mass is 19.1. The van der Waals surface area contributed by atoms with E-state index in [0.29, 0.717) is 0 Å². The number of carbonyl (C=O) groups excluding carboxylic acids is 1. The Bertz CT molecular complexity index is 439. The Morgan fingerprint density at radius 2 is 2.32 bits per heavy atom. The molecular weight excluding hydrogens is 247 g/mol. The molecule has 1 aliphatic heterocycles. The molecule has 0 spiro atoms. The van der Waals surface area contributed by atoms with Crippen molar-refractivity contribution in [1.82, 2.24) is 5.32 Å². The normalized spacial score (nSPS) is 23.1. The number of amides is 1. The Kier molecular flexibility index (Phi) is 4.87. The summed E-state index contributed by atoms with van der Waals surface area (Å²) in [5, 5.41) is 5.80. The largest absolute Gasteiger partial charge is 0.367 e. The van der Waals surface area contributed by atoms with Gasteiger partial charge in [-0.3, -0.25) is 4.79 Å². The number of para-hydroxylation sites is 1. The molecule has 5 heteroatoms. The highest BCUT2D eigenvalue weighted by Gasteiger charge is 2.22. The molecule has 1 fully saturated rings. The number of ether oxygens (including phenoxy) is 1. The van der Waals surface area contributed by atoms with Crippen molar-refractivity contribution >= 4 is 11.6 Å². The zero-order valence-corrected chi connectivity index (χ0v) is 11.0. The van der Waals surface area contributed by atoms with Crippen molar-refractivity contribution in [2.24, 2.45) is 0 Å². The molecule has 2 unspecified atom stereocenters. The van der Waals surface area contributed by atoms with Crippen LogP contribution in [0.25, 0.3) is 0 Å². The number of anilines is 1. The van der Waals surface area contributed by atoms with Crippen LogP contribution in [-0.2, 0) is 9.53 Å². The minimum Gasteiger partial charge on any atom is -0.367 e. The second-order valence-corrected chi connectivity index (χ2v) is 4.76. The van der Waals surface area contributed by atoms with Crippen molar-refractivity contribution in [3.05, 3.63) is 30.1 Å². The molecule has 0 radical (unpaired) electrons. The van der Waals surface area contributed by atoms with Crippen LogP contribution in [0, 0.1) is 5.82 Å². The lowest BCUT2D eigenvalue weighted by Gasteiger charge is -2.29. The summed E-state index contributed by atoms with van der Waals surface area (Å²) < 4.78 is 18.9. The van der Waals surface area contributed by atoms with Gasteiger partial charge in [0.05, 0.1) is 11.8 Å². The van der Waals surface area contributed by atoms with Gasteiger partial charge in [0.25, 0.3) is 0 Å². The fourth-order valence-electron chi connectivity index (χ4n) is 2.17. The van der Waals surface area contributed by atoms with Crippen LogP contribution < -0.4 is 10.6 Å². The summed E-state index contributed by atoms with van der Waals surface area (Å²) in [6.07, 6.45) is 2.03. The van der Waals surface area contributed by atoms with Gasteiger partial charge in [0.2, 0.25) is 5.91 Å². The number of hydrogen-bond donors (Lipinski definition) is 2. The van der Waals surface area contributed by atoms with Crippen molar-refractivity contribution in [3.63, 3.8) is 0 Å². The van der Waals surface area contributed by atoms with E-state index in [2.05, 4.69) is 10.6 Å². The number of halogens is 1. The molecule has 1 heterocycles. The zero-order chi connectivity index (χ0) is 13.7. The molecule has 0 aromatic heterocycles. The molecule has 19 heavy (non-hydrogen) atoms. The van der Waals surface area contributed by atoms with E-state index in [1.54, 1.807) is 12.1 Å². The molecule has 4 nitrogen and oxygen atoms in total. The Labute approximate surface area is 112 Å². The van der Waals surface area contributed by atoms with Crippen molar-refractivity contribution in [2.75, 3.05) is 18.5 Å². The van der Waals surface area contributed by atoms with Gasteiger partial charge in [-0.1, -0.05) is 12.1 Å². The van der Waals surface area contributed by atoms with Gasteiger partial charge in [-0.2, -0.15) is 0 Å². The molecule has 2 atom stereocenters. The number of hydrogen-bond acceptors (Lipinski definition) is 3.